The summed E-state index contributed by atoms with van der Waals surface area (Å²) in [4.78, 5) is 12.1. The molecule has 0 amide bonds. The normalized spacial score (nSPS) is 16.6. The van der Waals surface area contributed by atoms with Crippen LogP contribution in [-0.2, 0) is 0 Å². The molecule has 7 nitrogen and oxygen atoms in total. The zero-order valence-corrected chi connectivity index (χ0v) is 12.3. The van der Waals surface area contributed by atoms with E-state index in [0.29, 0.717) is 22.7 Å². The van der Waals surface area contributed by atoms with Crippen molar-refractivity contribution in [3.63, 3.8) is 0 Å². The second-order valence-corrected chi connectivity index (χ2v) is 5.52. The zero-order valence-electron chi connectivity index (χ0n) is 12.3. The van der Waals surface area contributed by atoms with Crippen molar-refractivity contribution in [3.8, 4) is 5.75 Å². The summed E-state index contributed by atoms with van der Waals surface area (Å²) in [6.07, 6.45) is 1.79. The molecule has 0 spiro atoms. The highest BCUT2D eigenvalue weighted by atomic mass is 16.6. The Bertz CT molecular complexity index is 648. The lowest BCUT2D eigenvalue weighted by atomic mass is 9.93. The van der Waals surface area contributed by atoms with E-state index < -0.39 is 10.5 Å². The molecule has 1 aromatic carbocycles. The lowest BCUT2D eigenvalue weighted by molar-refractivity contribution is -0.384. The first-order valence-corrected chi connectivity index (χ1v) is 6.35. The van der Waals surface area contributed by atoms with E-state index in [0.717, 1.165) is 0 Å². The molecule has 1 aliphatic heterocycles. The van der Waals surface area contributed by atoms with Gasteiger partial charge in [-0.15, -0.1) is 0 Å². The van der Waals surface area contributed by atoms with E-state index in [1.165, 1.54) is 12.1 Å². The zero-order chi connectivity index (χ0) is 15.8. The fourth-order valence-electron chi connectivity index (χ4n) is 2.24. The first kappa shape index (κ1) is 14.8. The maximum atomic E-state index is 10.9. The predicted molar refractivity (Wildman–Crippen MR) is 78.7 cm³/mol. The van der Waals surface area contributed by atoms with Crippen molar-refractivity contribution >= 4 is 17.1 Å². The molecule has 0 atom stereocenters. The SMILES string of the molecule is CN(C)C(=NO)C1=CC(C)(C)Oc2ccc([N+](=O)[O-])cc21. The van der Waals surface area contributed by atoms with Crippen LogP contribution >= 0.6 is 0 Å². The van der Waals surface area contributed by atoms with Crippen LogP contribution in [0.4, 0.5) is 5.69 Å². The Balaban J connectivity index is 2.66. The predicted octanol–water partition coefficient (Wildman–Crippen LogP) is 2.50. The summed E-state index contributed by atoms with van der Waals surface area (Å²) in [7, 11) is 3.46. The van der Waals surface area contributed by atoms with E-state index in [-0.39, 0.29) is 5.69 Å². The number of nitrogens with zero attached hydrogens (tertiary/aromatic N) is 3. The topological polar surface area (TPSA) is 88.2 Å². The molecular formula is C14H17N3O4. The minimum absolute atomic E-state index is 0.0426. The molecule has 0 saturated carbocycles. The van der Waals surface area contributed by atoms with E-state index in [2.05, 4.69) is 5.16 Å². The Morgan fingerprint density at radius 1 is 1.43 bits per heavy atom. The summed E-state index contributed by atoms with van der Waals surface area (Å²) in [6.45, 7) is 3.73. The van der Waals surface area contributed by atoms with Crippen molar-refractivity contribution in [1.82, 2.24) is 4.90 Å². The van der Waals surface area contributed by atoms with Gasteiger partial charge in [0.1, 0.15) is 11.4 Å². The van der Waals surface area contributed by atoms with Gasteiger partial charge in [-0.2, -0.15) is 0 Å². The molecule has 1 aromatic rings. The summed E-state index contributed by atoms with van der Waals surface area (Å²) in [5, 5.41) is 23.5. The van der Waals surface area contributed by atoms with Crippen LogP contribution < -0.4 is 4.74 Å². The number of hydrogen-bond acceptors (Lipinski definition) is 5. The Morgan fingerprint density at radius 3 is 2.62 bits per heavy atom. The second kappa shape index (κ2) is 5.08. The first-order chi connectivity index (χ1) is 9.75. The van der Waals surface area contributed by atoms with Gasteiger partial charge in [-0.25, -0.2) is 0 Å². The number of oxime groups is 1. The largest absolute Gasteiger partial charge is 0.483 e. The first-order valence-electron chi connectivity index (χ1n) is 6.35. The van der Waals surface area contributed by atoms with E-state index in [1.54, 1.807) is 31.1 Å². The third kappa shape index (κ3) is 2.81. The van der Waals surface area contributed by atoms with E-state index >= 15 is 0 Å². The van der Waals surface area contributed by atoms with Crippen LogP contribution in [0.2, 0.25) is 0 Å². The van der Waals surface area contributed by atoms with Crippen molar-refractivity contribution in [1.29, 1.82) is 0 Å². The summed E-state index contributed by atoms with van der Waals surface area (Å²) in [6, 6.07) is 4.38. The van der Waals surface area contributed by atoms with Gasteiger partial charge in [0.25, 0.3) is 5.69 Å². The molecule has 1 aliphatic rings. The molecule has 0 aromatic heterocycles. The molecular weight excluding hydrogens is 274 g/mol. The number of fused-ring (bicyclic) bond motifs is 1. The molecule has 0 aliphatic carbocycles. The van der Waals surface area contributed by atoms with E-state index in [9.17, 15) is 15.3 Å². The van der Waals surface area contributed by atoms with E-state index in [4.69, 9.17) is 4.74 Å². The Kier molecular flexibility index (Phi) is 3.59. The maximum Gasteiger partial charge on any atom is 0.270 e. The number of hydrogen-bond donors (Lipinski definition) is 1. The van der Waals surface area contributed by atoms with Gasteiger partial charge in [0.05, 0.1) is 4.92 Å². The third-order valence-corrected chi connectivity index (χ3v) is 3.09. The van der Waals surface area contributed by atoms with Crippen LogP contribution in [0, 0.1) is 10.1 Å². The summed E-state index contributed by atoms with van der Waals surface area (Å²) in [5.41, 5.74) is 0.478. The average Bonchev–Trinajstić information content (AvgIpc) is 2.37. The highest BCUT2D eigenvalue weighted by molar-refractivity contribution is 6.23. The smallest absolute Gasteiger partial charge is 0.270 e. The number of nitro groups is 1. The summed E-state index contributed by atoms with van der Waals surface area (Å²) >= 11 is 0. The monoisotopic (exact) mass is 291 g/mol. The van der Waals surface area contributed by atoms with Gasteiger partial charge in [0.2, 0.25) is 0 Å². The molecule has 2 rings (SSSR count). The van der Waals surface area contributed by atoms with Crippen LogP contribution in [0.15, 0.2) is 29.4 Å². The average molecular weight is 291 g/mol. The van der Waals surface area contributed by atoms with Gasteiger partial charge in [-0.3, -0.25) is 10.1 Å². The number of benzene rings is 1. The standard InChI is InChI=1S/C14H17N3O4/c1-14(2)8-11(13(15-18)16(3)4)10-7-9(17(19)20)5-6-12(10)21-14/h5-8,18H,1-4H3. The van der Waals surface area contributed by atoms with Crippen molar-refractivity contribution in [3.05, 3.63) is 40.0 Å². The number of nitro benzene ring substituents is 1. The molecule has 0 bridgehead atoms. The lowest BCUT2D eigenvalue weighted by Gasteiger charge is -2.32. The van der Waals surface area contributed by atoms with Crippen LogP contribution in [0.25, 0.3) is 5.57 Å². The highest BCUT2D eigenvalue weighted by Crippen LogP contribution is 2.38. The molecule has 7 heteroatoms. The van der Waals surface area contributed by atoms with Gasteiger partial charge < -0.3 is 14.8 Å². The quantitative estimate of drug-likeness (QED) is 0.297. The Labute approximate surface area is 122 Å². The Hall–Kier alpha value is -2.57. The van der Waals surface area contributed by atoms with Gasteiger partial charge >= 0.3 is 0 Å². The highest BCUT2D eigenvalue weighted by Gasteiger charge is 2.31. The van der Waals surface area contributed by atoms with Gasteiger partial charge in [0, 0.05) is 37.4 Å². The summed E-state index contributed by atoms with van der Waals surface area (Å²) < 4.78 is 5.80. The summed E-state index contributed by atoms with van der Waals surface area (Å²) in [5.74, 6) is 0.833. The van der Waals surface area contributed by atoms with Crippen molar-refractivity contribution in [2.24, 2.45) is 5.16 Å². The number of likely N-dealkylation sites (N-methyl/N-ethyl adjacent to an activating group) is 1. The third-order valence-electron chi connectivity index (χ3n) is 3.09. The molecule has 0 radical (unpaired) electrons. The van der Waals surface area contributed by atoms with Crippen molar-refractivity contribution < 1.29 is 14.9 Å². The Morgan fingerprint density at radius 2 is 2.10 bits per heavy atom. The maximum absolute atomic E-state index is 10.9. The lowest BCUT2D eigenvalue weighted by Crippen LogP contribution is -2.33. The number of rotatable bonds is 2. The second-order valence-electron chi connectivity index (χ2n) is 5.52. The van der Waals surface area contributed by atoms with Gasteiger partial charge in [-0.05, 0) is 26.0 Å². The van der Waals surface area contributed by atoms with Gasteiger partial charge in [0.15, 0.2) is 5.84 Å². The van der Waals surface area contributed by atoms with Gasteiger partial charge in [-0.1, -0.05) is 5.16 Å². The molecule has 112 valence electrons. The fourth-order valence-corrected chi connectivity index (χ4v) is 2.24. The minimum atomic E-state index is -0.607. The van der Waals surface area contributed by atoms with Crippen LogP contribution in [0.5, 0.6) is 5.75 Å². The van der Waals surface area contributed by atoms with Crippen LogP contribution in [0.3, 0.4) is 0 Å². The molecule has 21 heavy (non-hydrogen) atoms. The molecule has 1 N–H and O–H groups in total. The molecule has 0 saturated heterocycles. The van der Waals surface area contributed by atoms with Crippen molar-refractivity contribution in [2.75, 3.05) is 14.1 Å². The number of non-ortho nitro benzene ring substituents is 1. The number of amidine groups is 1. The minimum Gasteiger partial charge on any atom is -0.483 e. The van der Waals surface area contributed by atoms with E-state index in [1.807, 2.05) is 13.8 Å². The van der Waals surface area contributed by atoms with Crippen LogP contribution in [0.1, 0.15) is 19.4 Å². The van der Waals surface area contributed by atoms with Crippen LogP contribution in [-0.4, -0.2) is 40.6 Å². The fraction of sp³-hybridized carbons (Fsp3) is 0.357. The molecule has 0 fully saturated rings. The van der Waals surface area contributed by atoms with Crippen molar-refractivity contribution in [2.45, 2.75) is 19.4 Å². The number of ether oxygens (including phenoxy) is 1. The molecule has 1 heterocycles. The molecule has 0 unspecified atom stereocenters.